The molecule has 8 heteroatoms. The van der Waals surface area contributed by atoms with Gasteiger partial charge in [-0.2, -0.15) is 13.2 Å². The number of benzene rings is 1. The monoisotopic (exact) mass is 358 g/mol. The van der Waals surface area contributed by atoms with Crippen molar-refractivity contribution in [2.24, 2.45) is 5.92 Å². The first-order valence-electron chi connectivity index (χ1n) is 8.08. The maximum absolute atomic E-state index is 12.4. The van der Waals surface area contributed by atoms with Crippen LogP contribution in [0.25, 0.3) is 0 Å². The number of alkyl halides is 3. The molecule has 1 atom stereocenters. The summed E-state index contributed by atoms with van der Waals surface area (Å²) in [6.07, 6.45) is -3.80. The molecule has 0 aromatic heterocycles. The number of carbonyl (C=O) groups excluding carboxylic acids is 2. The first kappa shape index (κ1) is 19.1. The molecular weight excluding hydrogens is 337 g/mol. The van der Waals surface area contributed by atoms with E-state index in [1.165, 1.54) is 0 Å². The SMILES string of the molecule is CCCOc1ccc(NC(=O)C2CC(=O)N(CC(F)(F)F)C2)c(C)c1. The Kier molecular flexibility index (Phi) is 5.92. The number of carbonyl (C=O) groups is 2. The Morgan fingerprint density at radius 3 is 2.72 bits per heavy atom. The number of nitrogens with zero attached hydrogens (tertiary/aromatic N) is 1. The van der Waals surface area contributed by atoms with Gasteiger partial charge >= 0.3 is 6.18 Å². The molecular formula is C17H21F3N2O3. The van der Waals surface area contributed by atoms with Gasteiger partial charge < -0.3 is 15.0 Å². The number of nitrogens with one attached hydrogen (secondary N) is 1. The van der Waals surface area contributed by atoms with E-state index < -0.39 is 30.5 Å². The normalized spacial score (nSPS) is 17.7. The number of amides is 2. The number of likely N-dealkylation sites (tertiary alicyclic amines) is 1. The van der Waals surface area contributed by atoms with E-state index in [-0.39, 0.29) is 13.0 Å². The molecule has 2 rings (SSSR count). The molecule has 1 aliphatic heterocycles. The van der Waals surface area contributed by atoms with Crippen LogP contribution in [0, 0.1) is 12.8 Å². The number of rotatable bonds is 6. The highest BCUT2D eigenvalue weighted by atomic mass is 19.4. The van der Waals surface area contributed by atoms with Gasteiger partial charge in [0.1, 0.15) is 12.3 Å². The molecule has 1 aromatic rings. The Morgan fingerprint density at radius 2 is 2.12 bits per heavy atom. The molecule has 1 saturated heterocycles. The highest BCUT2D eigenvalue weighted by Gasteiger charge is 2.40. The van der Waals surface area contributed by atoms with Crippen molar-refractivity contribution in [1.29, 1.82) is 0 Å². The molecule has 1 aromatic carbocycles. The Balaban J connectivity index is 1.97. The molecule has 5 nitrogen and oxygen atoms in total. The predicted molar refractivity (Wildman–Crippen MR) is 86.3 cm³/mol. The van der Waals surface area contributed by atoms with E-state index in [1.807, 2.05) is 6.92 Å². The van der Waals surface area contributed by atoms with E-state index in [1.54, 1.807) is 25.1 Å². The highest BCUT2D eigenvalue weighted by molar-refractivity contribution is 5.97. The number of hydrogen-bond acceptors (Lipinski definition) is 3. The van der Waals surface area contributed by atoms with Crippen LogP contribution in [-0.2, 0) is 9.59 Å². The molecule has 2 amide bonds. The van der Waals surface area contributed by atoms with Crippen LogP contribution in [0.2, 0.25) is 0 Å². The molecule has 0 radical (unpaired) electrons. The lowest BCUT2D eigenvalue weighted by molar-refractivity contribution is -0.157. The summed E-state index contributed by atoms with van der Waals surface area (Å²) in [6, 6.07) is 5.18. The Hall–Kier alpha value is -2.25. The molecule has 1 fully saturated rings. The molecule has 0 bridgehead atoms. The fraction of sp³-hybridized carbons (Fsp3) is 0.529. The largest absolute Gasteiger partial charge is 0.494 e. The van der Waals surface area contributed by atoms with Crippen molar-refractivity contribution >= 4 is 17.5 Å². The zero-order valence-corrected chi connectivity index (χ0v) is 14.2. The first-order chi connectivity index (χ1) is 11.7. The second kappa shape index (κ2) is 7.76. The van der Waals surface area contributed by atoms with Gasteiger partial charge in [-0.25, -0.2) is 0 Å². The number of aryl methyl sites for hydroxylation is 1. The van der Waals surface area contributed by atoms with Gasteiger partial charge in [0.2, 0.25) is 11.8 Å². The Labute approximate surface area is 144 Å². The van der Waals surface area contributed by atoms with Crippen LogP contribution in [0.4, 0.5) is 18.9 Å². The van der Waals surface area contributed by atoms with Crippen LogP contribution < -0.4 is 10.1 Å². The Morgan fingerprint density at radius 1 is 1.40 bits per heavy atom. The van der Waals surface area contributed by atoms with Crippen LogP contribution >= 0.6 is 0 Å². The third kappa shape index (κ3) is 5.37. The van der Waals surface area contributed by atoms with Gasteiger partial charge in [-0.1, -0.05) is 6.92 Å². The summed E-state index contributed by atoms with van der Waals surface area (Å²) in [7, 11) is 0. The maximum atomic E-state index is 12.4. The number of hydrogen-bond donors (Lipinski definition) is 1. The van der Waals surface area contributed by atoms with Crippen molar-refractivity contribution < 1.29 is 27.5 Å². The van der Waals surface area contributed by atoms with E-state index in [0.717, 1.165) is 12.0 Å². The van der Waals surface area contributed by atoms with Crippen LogP contribution in [0.3, 0.4) is 0 Å². The lowest BCUT2D eigenvalue weighted by Crippen LogP contribution is -2.36. The van der Waals surface area contributed by atoms with E-state index in [9.17, 15) is 22.8 Å². The fourth-order valence-corrected chi connectivity index (χ4v) is 2.64. The topological polar surface area (TPSA) is 58.6 Å². The minimum absolute atomic E-state index is 0.210. The average Bonchev–Trinajstić information content (AvgIpc) is 2.87. The number of ether oxygens (including phenoxy) is 1. The lowest BCUT2D eigenvalue weighted by atomic mass is 10.1. The number of anilines is 1. The third-order valence-corrected chi connectivity index (χ3v) is 3.88. The average molecular weight is 358 g/mol. The molecule has 138 valence electrons. The summed E-state index contributed by atoms with van der Waals surface area (Å²) in [5, 5.41) is 2.68. The molecule has 1 N–H and O–H groups in total. The molecule has 1 unspecified atom stereocenters. The van der Waals surface area contributed by atoms with Crippen LogP contribution in [0.1, 0.15) is 25.3 Å². The van der Waals surface area contributed by atoms with Gasteiger partial charge in [-0.3, -0.25) is 9.59 Å². The summed E-state index contributed by atoms with van der Waals surface area (Å²) in [5.41, 5.74) is 1.33. The summed E-state index contributed by atoms with van der Waals surface area (Å²) in [6.45, 7) is 2.83. The van der Waals surface area contributed by atoms with Crippen molar-refractivity contribution in [1.82, 2.24) is 4.90 Å². The second-order valence-corrected chi connectivity index (χ2v) is 6.10. The van der Waals surface area contributed by atoms with Gasteiger partial charge in [0, 0.05) is 18.7 Å². The van der Waals surface area contributed by atoms with Gasteiger partial charge in [-0.05, 0) is 37.1 Å². The second-order valence-electron chi connectivity index (χ2n) is 6.10. The molecule has 0 spiro atoms. The summed E-state index contributed by atoms with van der Waals surface area (Å²) < 4.78 is 42.8. The van der Waals surface area contributed by atoms with Crippen molar-refractivity contribution in [2.45, 2.75) is 32.9 Å². The first-order valence-corrected chi connectivity index (χ1v) is 8.08. The van der Waals surface area contributed by atoms with Crippen molar-refractivity contribution in [3.05, 3.63) is 23.8 Å². The minimum atomic E-state index is -4.47. The van der Waals surface area contributed by atoms with Crippen LogP contribution in [-0.4, -0.2) is 42.6 Å². The standard InChI is InChI=1S/C17H21F3N2O3/c1-3-6-25-13-4-5-14(11(2)7-13)21-16(24)12-8-15(23)22(9-12)10-17(18,19)20/h4-5,7,12H,3,6,8-10H2,1-2H3,(H,21,24). The molecule has 1 heterocycles. The van der Waals surface area contributed by atoms with Gasteiger partial charge in [0.05, 0.1) is 12.5 Å². The molecule has 25 heavy (non-hydrogen) atoms. The molecule has 1 aliphatic rings. The van der Waals surface area contributed by atoms with Gasteiger partial charge in [0.25, 0.3) is 0 Å². The smallest absolute Gasteiger partial charge is 0.406 e. The number of halogens is 3. The minimum Gasteiger partial charge on any atom is -0.494 e. The van der Waals surface area contributed by atoms with E-state index in [2.05, 4.69) is 5.32 Å². The highest BCUT2D eigenvalue weighted by Crippen LogP contribution is 2.26. The van der Waals surface area contributed by atoms with Crippen LogP contribution in [0.5, 0.6) is 5.75 Å². The van der Waals surface area contributed by atoms with Crippen LogP contribution in [0.15, 0.2) is 18.2 Å². The predicted octanol–water partition coefficient (Wildman–Crippen LogP) is 3.13. The summed E-state index contributed by atoms with van der Waals surface area (Å²) in [4.78, 5) is 24.6. The van der Waals surface area contributed by atoms with E-state index in [0.29, 0.717) is 22.9 Å². The lowest BCUT2D eigenvalue weighted by Gasteiger charge is -2.18. The Bertz CT molecular complexity index is 647. The van der Waals surface area contributed by atoms with Crippen molar-refractivity contribution in [3.8, 4) is 5.75 Å². The molecule has 0 saturated carbocycles. The van der Waals surface area contributed by atoms with Crippen molar-refractivity contribution in [3.63, 3.8) is 0 Å². The van der Waals surface area contributed by atoms with E-state index in [4.69, 9.17) is 4.74 Å². The van der Waals surface area contributed by atoms with Gasteiger partial charge in [0.15, 0.2) is 0 Å². The van der Waals surface area contributed by atoms with E-state index >= 15 is 0 Å². The van der Waals surface area contributed by atoms with Gasteiger partial charge in [-0.15, -0.1) is 0 Å². The maximum Gasteiger partial charge on any atom is 0.406 e. The fourth-order valence-electron chi connectivity index (χ4n) is 2.64. The summed E-state index contributed by atoms with van der Waals surface area (Å²) in [5.74, 6) is -1.21. The quantitative estimate of drug-likeness (QED) is 0.850. The molecule has 0 aliphatic carbocycles. The van der Waals surface area contributed by atoms with Crippen molar-refractivity contribution in [2.75, 3.05) is 25.0 Å². The summed E-state index contributed by atoms with van der Waals surface area (Å²) >= 11 is 0. The zero-order valence-electron chi connectivity index (χ0n) is 14.2. The zero-order chi connectivity index (χ0) is 18.6. The third-order valence-electron chi connectivity index (χ3n) is 3.88.